The second kappa shape index (κ2) is 6.60. The highest BCUT2D eigenvalue weighted by molar-refractivity contribution is 6.30. The molecule has 112 valence electrons. The molecule has 5 heteroatoms. The summed E-state index contributed by atoms with van der Waals surface area (Å²) in [7, 11) is 0. The van der Waals surface area contributed by atoms with E-state index < -0.39 is 0 Å². The molecular formula is C16H19ClN2O2. The Morgan fingerprint density at radius 1 is 1.43 bits per heavy atom. The van der Waals surface area contributed by atoms with Gasteiger partial charge < -0.3 is 9.52 Å². The van der Waals surface area contributed by atoms with E-state index in [1.165, 1.54) is 0 Å². The SMILES string of the molecule is OCC1CCCN(Cc2ncc(-c3cccc(Cl)c3)o2)C1. The zero-order valence-electron chi connectivity index (χ0n) is 11.8. The van der Waals surface area contributed by atoms with Gasteiger partial charge in [-0.25, -0.2) is 4.98 Å². The molecule has 1 fully saturated rings. The first-order chi connectivity index (χ1) is 10.2. The van der Waals surface area contributed by atoms with Crippen LogP contribution in [0.1, 0.15) is 18.7 Å². The molecule has 0 amide bonds. The number of likely N-dealkylation sites (tertiary alicyclic amines) is 1. The van der Waals surface area contributed by atoms with Crippen LogP contribution in [0.15, 0.2) is 34.9 Å². The van der Waals surface area contributed by atoms with E-state index in [0.717, 1.165) is 37.3 Å². The van der Waals surface area contributed by atoms with Crippen molar-refractivity contribution in [2.45, 2.75) is 19.4 Å². The van der Waals surface area contributed by atoms with Crippen LogP contribution in [-0.2, 0) is 6.54 Å². The van der Waals surface area contributed by atoms with Crippen molar-refractivity contribution in [2.75, 3.05) is 19.7 Å². The summed E-state index contributed by atoms with van der Waals surface area (Å²) >= 11 is 6.00. The molecule has 1 saturated heterocycles. The number of hydrogen-bond acceptors (Lipinski definition) is 4. The number of piperidine rings is 1. The van der Waals surface area contributed by atoms with Crippen LogP contribution in [0.3, 0.4) is 0 Å². The fourth-order valence-electron chi connectivity index (χ4n) is 2.79. The van der Waals surface area contributed by atoms with Crippen LogP contribution >= 0.6 is 11.6 Å². The molecule has 3 rings (SSSR count). The maximum absolute atomic E-state index is 9.28. The van der Waals surface area contributed by atoms with Gasteiger partial charge in [-0.3, -0.25) is 4.90 Å². The van der Waals surface area contributed by atoms with E-state index in [1.54, 1.807) is 6.20 Å². The van der Waals surface area contributed by atoms with E-state index in [1.807, 2.05) is 24.3 Å². The summed E-state index contributed by atoms with van der Waals surface area (Å²) in [4.78, 5) is 6.64. The average Bonchev–Trinajstić information content (AvgIpc) is 2.96. The van der Waals surface area contributed by atoms with Crippen LogP contribution in [0.5, 0.6) is 0 Å². The van der Waals surface area contributed by atoms with Crippen molar-refractivity contribution in [3.8, 4) is 11.3 Å². The lowest BCUT2D eigenvalue weighted by Crippen LogP contribution is -2.36. The highest BCUT2D eigenvalue weighted by Gasteiger charge is 2.20. The molecule has 1 unspecified atom stereocenters. The highest BCUT2D eigenvalue weighted by atomic mass is 35.5. The number of rotatable bonds is 4. The van der Waals surface area contributed by atoms with Gasteiger partial charge in [-0.2, -0.15) is 0 Å². The number of hydrogen-bond donors (Lipinski definition) is 1. The van der Waals surface area contributed by atoms with Crippen molar-refractivity contribution in [1.82, 2.24) is 9.88 Å². The minimum absolute atomic E-state index is 0.260. The summed E-state index contributed by atoms with van der Waals surface area (Å²) in [5.74, 6) is 1.83. The van der Waals surface area contributed by atoms with Crippen LogP contribution in [0.4, 0.5) is 0 Å². The van der Waals surface area contributed by atoms with Crippen molar-refractivity contribution < 1.29 is 9.52 Å². The molecular weight excluding hydrogens is 288 g/mol. The molecule has 0 radical (unpaired) electrons. The second-order valence-corrected chi connectivity index (χ2v) is 5.99. The largest absolute Gasteiger partial charge is 0.439 e. The topological polar surface area (TPSA) is 49.5 Å². The lowest BCUT2D eigenvalue weighted by Gasteiger charge is -2.30. The lowest BCUT2D eigenvalue weighted by molar-refractivity contribution is 0.109. The van der Waals surface area contributed by atoms with Crippen LogP contribution in [0.25, 0.3) is 11.3 Å². The first kappa shape index (κ1) is 14.6. The number of oxazole rings is 1. The molecule has 1 aliphatic rings. The molecule has 0 spiro atoms. The van der Waals surface area contributed by atoms with E-state index in [-0.39, 0.29) is 6.61 Å². The molecule has 1 aliphatic heterocycles. The summed E-state index contributed by atoms with van der Waals surface area (Å²) in [6.07, 6.45) is 3.97. The number of nitrogens with zero attached hydrogens (tertiary/aromatic N) is 2. The van der Waals surface area contributed by atoms with Gasteiger partial charge in [0.2, 0.25) is 5.89 Å². The van der Waals surface area contributed by atoms with E-state index >= 15 is 0 Å². The molecule has 1 N–H and O–H groups in total. The fraction of sp³-hybridized carbons (Fsp3) is 0.438. The smallest absolute Gasteiger partial charge is 0.209 e. The molecule has 1 aromatic heterocycles. The number of aliphatic hydroxyl groups is 1. The van der Waals surface area contributed by atoms with Crippen LogP contribution in [0.2, 0.25) is 5.02 Å². The molecule has 4 nitrogen and oxygen atoms in total. The summed E-state index contributed by atoms with van der Waals surface area (Å²) < 4.78 is 5.82. The van der Waals surface area contributed by atoms with Gasteiger partial charge in [-0.1, -0.05) is 23.7 Å². The van der Waals surface area contributed by atoms with Crippen LogP contribution in [-0.4, -0.2) is 34.7 Å². The maximum atomic E-state index is 9.28. The number of aromatic nitrogens is 1. The van der Waals surface area contributed by atoms with Crippen molar-refractivity contribution in [1.29, 1.82) is 0 Å². The maximum Gasteiger partial charge on any atom is 0.209 e. The number of aliphatic hydroxyl groups excluding tert-OH is 1. The molecule has 2 aromatic rings. The van der Waals surface area contributed by atoms with Gasteiger partial charge in [0.1, 0.15) is 0 Å². The predicted molar refractivity (Wildman–Crippen MR) is 82.0 cm³/mol. The van der Waals surface area contributed by atoms with E-state index in [0.29, 0.717) is 23.4 Å². The highest BCUT2D eigenvalue weighted by Crippen LogP contribution is 2.24. The Hall–Kier alpha value is -1.36. The van der Waals surface area contributed by atoms with E-state index in [9.17, 15) is 5.11 Å². The third kappa shape index (κ3) is 3.64. The normalized spacial score (nSPS) is 19.8. The van der Waals surface area contributed by atoms with Crippen LogP contribution < -0.4 is 0 Å². The first-order valence-corrected chi connectivity index (χ1v) is 7.66. The van der Waals surface area contributed by atoms with Crippen molar-refractivity contribution in [3.05, 3.63) is 41.4 Å². The van der Waals surface area contributed by atoms with Gasteiger partial charge in [0.15, 0.2) is 5.76 Å². The van der Waals surface area contributed by atoms with Crippen molar-refractivity contribution >= 4 is 11.6 Å². The second-order valence-electron chi connectivity index (χ2n) is 5.55. The zero-order chi connectivity index (χ0) is 14.7. The zero-order valence-corrected chi connectivity index (χ0v) is 12.6. The molecule has 0 bridgehead atoms. The Balaban J connectivity index is 1.68. The molecule has 1 atom stereocenters. The summed E-state index contributed by atoms with van der Waals surface area (Å²) in [6.45, 7) is 2.89. The monoisotopic (exact) mass is 306 g/mol. The standard InChI is InChI=1S/C16H19ClN2O2/c17-14-5-1-4-13(7-14)15-8-18-16(21-15)10-19-6-2-3-12(9-19)11-20/h1,4-5,7-8,12,20H,2-3,6,9-11H2. The Kier molecular flexibility index (Phi) is 4.58. The molecule has 1 aromatic carbocycles. The Labute approximate surface area is 129 Å². The van der Waals surface area contributed by atoms with E-state index in [2.05, 4.69) is 9.88 Å². The predicted octanol–water partition coefficient (Wildman–Crippen LogP) is 3.20. The summed E-state index contributed by atoms with van der Waals surface area (Å²) in [5.41, 5.74) is 0.938. The molecule has 21 heavy (non-hydrogen) atoms. The average molecular weight is 307 g/mol. The van der Waals surface area contributed by atoms with Gasteiger partial charge in [0.25, 0.3) is 0 Å². The lowest BCUT2D eigenvalue weighted by atomic mass is 9.99. The van der Waals surface area contributed by atoms with Gasteiger partial charge in [-0.05, 0) is 37.4 Å². The Morgan fingerprint density at radius 3 is 3.14 bits per heavy atom. The third-order valence-electron chi connectivity index (χ3n) is 3.88. The minimum Gasteiger partial charge on any atom is -0.439 e. The van der Waals surface area contributed by atoms with Gasteiger partial charge in [0.05, 0.1) is 12.7 Å². The van der Waals surface area contributed by atoms with Gasteiger partial charge in [-0.15, -0.1) is 0 Å². The Bertz CT molecular complexity index is 599. The molecule has 0 saturated carbocycles. The third-order valence-corrected chi connectivity index (χ3v) is 4.12. The van der Waals surface area contributed by atoms with Crippen molar-refractivity contribution in [3.63, 3.8) is 0 Å². The number of halogens is 1. The number of benzene rings is 1. The van der Waals surface area contributed by atoms with Crippen LogP contribution in [0, 0.1) is 5.92 Å². The first-order valence-electron chi connectivity index (χ1n) is 7.28. The molecule has 0 aliphatic carbocycles. The quantitative estimate of drug-likeness (QED) is 0.942. The van der Waals surface area contributed by atoms with E-state index in [4.69, 9.17) is 16.0 Å². The minimum atomic E-state index is 0.260. The fourth-order valence-corrected chi connectivity index (χ4v) is 2.98. The molecule has 2 heterocycles. The van der Waals surface area contributed by atoms with Crippen molar-refractivity contribution in [2.24, 2.45) is 5.92 Å². The Morgan fingerprint density at radius 2 is 2.33 bits per heavy atom. The van der Waals surface area contributed by atoms with Gasteiger partial charge in [0, 0.05) is 23.7 Å². The van der Waals surface area contributed by atoms with Gasteiger partial charge >= 0.3 is 0 Å². The summed E-state index contributed by atoms with van der Waals surface area (Å²) in [5, 5.41) is 9.96. The summed E-state index contributed by atoms with van der Waals surface area (Å²) in [6, 6.07) is 7.56.